The number of halogens is 1. The van der Waals surface area contributed by atoms with Crippen molar-refractivity contribution in [3.05, 3.63) is 45.6 Å². The third kappa shape index (κ3) is 3.14. The van der Waals surface area contributed by atoms with Crippen molar-refractivity contribution in [2.24, 2.45) is 5.92 Å². The van der Waals surface area contributed by atoms with Crippen LogP contribution in [0.3, 0.4) is 0 Å². The second-order valence-electron chi connectivity index (χ2n) is 6.84. The number of likely N-dealkylation sites (tertiary alicyclic amines) is 1. The molecule has 1 N–H and O–H groups in total. The largest absolute Gasteiger partial charge is 0.492 e. The van der Waals surface area contributed by atoms with Crippen LogP contribution >= 0.6 is 22.9 Å². The van der Waals surface area contributed by atoms with Crippen LogP contribution in [0.25, 0.3) is 4.96 Å². The summed E-state index contributed by atoms with van der Waals surface area (Å²) in [5.74, 6) is 1.51. The van der Waals surface area contributed by atoms with Gasteiger partial charge in [-0.2, -0.15) is 4.52 Å². The molecule has 1 aliphatic heterocycles. The molecule has 0 aliphatic carbocycles. The van der Waals surface area contributed by atoms with Gasteiger partial charge in [-0.15, -0.1) is 5.10 Å². The fourth-order valence-electron chi connectivity index (χ4n) is 3.66. The number of aryl methyl sites for hydroxylation is 1. The number of aromatic nitrogens is 3. The number of aromatic hydroxyl groups is 1. The lowest BCUT2D eigenvalue weighted by atomic mass is 9.95. The SMILES string of the molecule is Cc1nc2sc([C@@H](c3ccc(Cl)cc3)N3CCC[C@H](C)C3)c(O)n2n1. The van der Waals surface area contributed by atoms with Crippen LogP contribution in [-0.4, -0.2) is 37.7 Å². The second-order valence-corrected chi connectivity index (χ2v) is 8.29. The van der Waals surface area contributed by atoms with Crippen LogP contribution in [0, 0.1) is 12.8 Å². The summed E-state index contributed by atoms with van der Waals surface area (Å²) in [7, 11) is 0. The van der Waals surface area contributed by atoms with E-state index in [9.17, 15) is 5.11 Å². The van der Waals surface area contributed by atoms with Crippen molar-refractivity contribution in [2.75, 3.05) is 13.1 Å². The highest BCUT2D eigenvalue weighted by Crippen LogP contribution is 2.41. The van der Waals surface area contributed by atoms with E-state index in [1.54, 1.807) is 4.52 Å². The van der Waals surface area contributed by atoms with Crippen molar-refractivity contribution in [3.63, 3.8) is 0 Å². The predicted octanol–water partition coefficient (Wildman–Crippen LogP) is 4.28. The van der Waals surface area contributed by atoms with Crippen LogP contribution in [0.1, 0.15) is 42.1 Å². The van der Waals surface area contributed by atoms with E-state index in [4.69, 9.17) is 11.6 Å². The number of nitrogens with zero attached hydrogens (tertiary/aromatic N) is 4. The molecule has 2 atom stereocenters. The lowest BCUT2D eigenvalue weighted by Crippen LogP contribution is -2.37. The molecule has 3 heterocycles. The average Bonchev–Trinajstić information content (AvgIpc) is 3.08. The molecule has 0 spiro atoms. The minimum absolute atomic E-state index is 0.00572. The van der Waals surface area contributed by atoms with E-state index >= 15 is 0 Å². The van der Waals surface area contributed by atoms with E-state index in [1.165, 1.54) is 24.2 Å². The molecule has 1 aliphatic rings. The van der Waals surface area contributed by atoms with E-state index in [0.29, 0.717) is 11.7 Å². The Morgan fingerprint density at radius 1 is 1.32 bits per heavy atom. The number of rotatable bonds is 3. The molecule has 5 nitrogen and oxygen atoms in total. The molecule has 4 rings (SSSR count). The van der Waals surface area contributed by atoms with Gasteiger partial charge in [0, 0.05) is 11.6 Å². The Balaban J connectivity index is 1.81. The van der Waals surface area contributed by atoms with Crippen molar-refractivity contribution in [1.82, 2.24) is 19.5 Å². The second kappa shape index (κ2) is 6.59. The van der Waals surface area contributed by atoms with Gasteiger partial charge in [-0.05, 0) is 49.9 Å². The van der Waals surface area contributed by atoms with Crippen LogP contribution in [0.4, 0.5) is 0 Å². The molecule has 2 aromatic heterocycles. The fraction of sp³-hybridized carbons (Fsp3) is 0.444. The zero-order chi connectivity index (χ0) is 17.6. The predicted molar refractivity (Wildman–Crippen MR) is 101 cm³/mol. The normalized spacial score (nSPS) is 20.2. The Bertz CT molecular complexity index is 889. The number of hydrogen-bond acceptors (Lipinski definition) is 5. The maximum absolute atomic E-state index is 10.8. The highest BCUT2D eigenvalue weighted by molar-refractivity contribution is 7.17. The maximum atomic E-state index is 10.8. The van der Waals surface area contributed by atoms with Gasteiger partial charge in [0.15, 0.2) is 0 Å². The van der Waals surface area contributed by atoms with Gasteiger partial charge in [-0.1, -0.05) is 42.0 Å². The standard InChI is InChI=1S/C18H21ClN4OS/c1-11-4-3-9-22(10-11)15(13-5-7-14(19)8-6-13)16-17(24)23-18(25-16)20-12(2)21-23/h5-8,11,15,24H,3-4,9-10H2,1-2H3/t11-,15+/m0/s1. The molecule has 0 radical (unpaired) electrons. The highest BCUT2D eigenvalue weighted by atomic mass is 35.5. The van der Waals surface area contributed by atoms with Gasteiger partial charge in [0.1, 0.15) is 5.82 Å². The zero-order valence-electron chi connectivity index (χ0n) is 14.3. The van der Waals surface area contributed by atoms with Gasteiger partial charge in [0.05, 0.1) is 10.9 Å². The minimum atomic E-state index is -0.00572. The van der Waals surface area contributed by atoms with Gasteiger partial charge < -0.3 is 5.11 Å². The van der Waals surface area contributed by atoms with E-state index < -0.39 is 0 Å². The highest BCUT2D eigenvalue weighted by Gasteiger charge is 2.31. The van der Waals surface area contributed by atoms with E-state index in [0.717, 1.165) is 33.5 Å². The van der Waals surface area contributed by atoms with Crippen molar-refractivity contribution in [3.8, 4) is 5.88 Å². The smallest absolute Gasteiger partial charge is 0.230 e. The van der Waals surface area contributed by atoms with Gasteiger partial charge in [0.2, 0.25) is 10.8 Å². The van der Waals surface area contributed by atoms with Crippen LogP contribution in [0.5, 0.6) is 5.88 Å². The topological polar surface area (TPSA) is 53.7 Å². The van der Waals surface area contributed by atoms with Crippen molar-refractivity contribution >= 4 is 27.9 Å². The summed E-state index contributed by atoms with van der Waals surface area (Å²) >= 11 is 7.59. The molecule has 1 saturated heterocycles. The number of hydrogen-bond donors (Lipinski definition) is 1. The third-order valence-electron chi connectivity index (χ3n) is 4.79. The summed E-state index contributed by atoms with van der Waals surface area (Å²) in [5.41, 5.74) is 1.13. The first-order chi connectivity index (χ1) is 12.0. The summed E-state index contributed by atoms with van der Waals surface area (Å²) < 4.78 is 1.55. The molecule has 25 heavy (non-hydrogen) atoms. The fourth-order valence-corrected chi connectivity index (χ4v) is 4.95. The van der Waals surface area contributed by atoms with E-state index in [1.807, 2.05) is 31.2 Å². The summed E-state index contributed by atoms with van der Waals surface area (Å²) in [6, 6.07) is 7.92. The third-order valence-corrected chi connectivity index (χ3v) is 6.12. The zero-order valence-corrected chi connectivity index (χ0v) is 15.9. The Hall–Kier alpha value is -1.63. The number of piperidine rings is 1. The molecule has 1 aromatic carbocycles. The first kappa shape index (κ1) is 16.8. The van der Waals surface area contributed by atoms with E-state index in [2.05, 4.69) is 21.9 Å². The first-order valence-corrected chi connectivity index (χ1v) is 9.77. The lowest BCUT2D eigenvalue weighted by molar-refractivity contribution is 0.149. The number of fused-ring (bicyclic) bond motifs is 1. The number of thiazole rings is 1. The molecular weight excluding hydrogens is 356 g/mol. The minimum Gasteiger partial charge on any atom is -0.492 e. The van der Waals surface area contributed by atoms with Crippen molar-refractivity contribution in [1.29, 1.82) is 0 Å². The molecular formula is C18H21ClN4OS. The first-order valence-electron chi connectivity index (χ1n) is 8.57. The van der Waals surface area contributed by atoms with Gasteiger partial charge in [-0.3, -0.25) is 4.90 Å². The Morgan fingerprint density at radius 2 is 2.08 bits per heavy atom. The van der Waals surface area contributed by atoms with Gasteiger partial charge in [-0.25, -0.2) is 4.98 Å². The Morgan fingerprint density at radius 3 is 2.76 bits per heavy atom. The molecule has 3 aromatic rings. The maximum Gasteiger partial charge on any atom is 0.230 e. The van der Waals surface area contributed by atoms with Crippen LogP contribution < -0.4 is 0 Å². The number of benzene rings is 1. The van der Waals surface area contributed by atoms with Crippen LogP contribution in [0.15, 0.2) is 24.3 Å². The summed E-state index contributed by atoms with van der Waals surface area (Å²) in [6.45, 7) is 6.15. The molecule has 0 unspecified atom stereocenters. The molecule has 0 saturated carbocycles. The molecule has 0 bridgehead atoms. The van der Waals surface area contributed by atoms with Gasteiger partial charge >= 0.3 is 0 Å². The Labute approximate surface area is 155 Å². The lowest BCUT2D eigenvalue weighted by Gasteiger charge is -2.37. The van der Waals surface area contributed by atoms with Crippen molar-refractivity contribution < 1.29 is 5.11 Å². The monoisotopic (exact) mass is 376 g/mol. The Kier molecular flexibility index (Phi) is 4.43. The average molecular weight is 377 g/mol. The summed E-state index contributed by atoms with van der Waals surface area (Å²) in [6.07, 6.45) is 2.43. The van der Waals surface area contributed by atoms with Gasteiger partial charge in [0.25, 0.3) is 0 Å². The summed E-state index contributed by atoms with van der Waals surface area (Å²) in [5, 5.41) is 15.8. The summed E-state index contributed by atoms with van der Waals surface area (Å²) in [4.78, 5) is 8.49. The van der Waals surface area contributed by atoms with Crippen molar-refractivity contribution in [2.45, 2.75) is 32.7 Å². The van der Waals surface area contributed by atoms with E-state index in [-0.39, 0.29) is 11.9 Å². The quantitative estimate of drug-likeness (QED) is 0.741. The molecule has 132 valence electrons. The molecule has 7 heteroatoms. The van der Waals surface area contributed by atoms with Crippen LogP contribution in [-0.2, 0) is 0 Å². The van der Waals surface area contributed by atoms with Crippen LogP contribution in [0.2, 0.25) is 5.02 Å². The molecule has 0 amide bonds. The molecule has 1 fully saturated rings.